The number of para-hydroxylation sites is 1. The van der Waals surface area contributed by atoms with E-state index in [4.69, 9.17) is 14.4 Å². The summed E-state index contributed by atoms with van der Waals surface area (Å²) in [6.45, 7) is 0. The number of rotatable bonds is 4. The van der Waals surface area contributed by atoms with Crippen LogP contribution < -0.4 is 0 Å². The number of thiophene rings is 1. The van der Waals surface area contributed by atoms with Gasteiger partial charge in [0, 0.05) is 53.2 Å². The van der Waals surface area contributed by atoms with E-state index in [1.165, 1.54) is 64.7 Å². The summed E-state index contributed by atoms with van der Waals surface area (Å²) in [5.41, 5.74) is 18.6. The predicted molar refractivity (Wildman–Crippen MR) is 260 cm³/mol. The van der Waals surface area contributed by atoms with Crippen molar-refractivity contribution in [1.29, 1.82) is 0 Å². The topological polar surface area (TPSA) is 38.9 Å². The SMILES string of the molecule is c1ccc(-c2cc(-c3ccccc3)nc(-c3ccc(-c4cc5c(c6oc7ccccc7c46)-c4c(ccc6sc7ccccc7c46)C54c5ccccc5-c5ccccc54)cc3)n2)cc1. The number of furan rings is 1. The summed E-state index contributed by atoms with van der Waals surface area (Å²) >= 11 is 1.87. The summed E-state index contributed by atoms with van der Waals surface area (Å²) in [6, 6.07) is 74.5. The molecule has 2 aliphatic carbocycles. The molecule has 0 radical (unpaired) electrons. The zero-order valence-electron chi connectivity index (χ0n) is 33.8. The lowest BCUT2D eigenvalue weighted by Gasteiger charge is -2.30. The van der Waals surface area contributed by atoms with E-state index < -0.39 is 5.41 Å². The normalized spacial score (nSPS) is 13.2. The highest BCUT2D eigenvalue weighted by Crippen LogP contribution is 2.66. The fraction of sp³-hybridized carbons (Fsp3) is 0.0169. The van der Waals surface area contributed by atoms with Gasteiger partial charge in [0.1, 0.15) is 11.2 Å². The van der Waals surface area contributed by atoms with E-state index in [0.717, 1.165) is 61.1 Å². The van der Waals surface area contributed by atoms with Gasteiger partial charge in [-0.25, -0.2) is 9.97 Å². The van der Waals surface area contributed by atoms with Crippen molar-refractivity contribution < 1.29 is 4.42 Å². The van der Waals surface area contributed by atoms with Crippen LogP contribution in [0.4, 0.5) is 0 Å². The molecule has 0 saturated carbocycles. The Balaban J connectivity index is 1.06. The van der Waals surface area contributed by atoms with Crippen LogP contribution in [-0.2, 0) is 5.41 Å². The van der Waals surface area contributed by atoms with Gasteiger partial charge in [-0.1, -0.05) is 176 Å². The highest BCUT2D eigenvalue weighted by molar-refractivity contribution is 7.26. The fourth-order valence-corrected chi connectivity index (χ4v) is 12.0. The molecule has 3 aromatic heterocycles. The Bertz CT molecular complexity index is 3740. The second kappa shape index (κ2) is 13.0. The third kappa shape index (κ3) is 4.79. The summed E-state index contributed by atoms with van der Waals surface area (Å²) in [5, 5.41) is 4.83. The van der Waals surface area contributed by atoms with Crippen LogP contribution in [0.1, 0.15) is 22.3 Å². The van der Waals surface area contributed by atoms with Gasteiger partial charge in [0.25, 0.3) is 0 Å². The first-order chi connectivity index (χ1) is 31.2. The monoisotopic (exact) mass is 818 g/mol. The van der Waals surface area contributed by atoms with Crippen LogP contribution in [0.25, 0.3) is 109 Å². The second-order valence-electron chi connectivity index (χ2n) is 16.7. The Morgan fingerprint density at radius 1 is 0.381 bits per heavy atom. The molecule has 0 saturated heterocycles. The maximum atomic E-state index is 7.22. The van der Waals surface area contributed by atoms with Gasteiger partial charge in [-0.05, 0) is 80.4 Å². The molecule has 0 N–H and O–H groups in total. The smallest absolute Gasteiger partial charge is 0.160 e. The van der Waals surface area contributed by atoms with E-state index in [2.05, 4.69) is 194 Å². The number of hydrogen-bond acceptors (Lipinski definition) is 4. The lowest BCUT2D eigenvalue weighted by Crippen LogP contribution is -2.25. The number of benzene rings is 9. The number of hydrogen-bond donors (Lipinski definition) is 0. The Hall–Kier alpha value is -7.92. The second-order valence-corrected chi connectivity index (χ2v) is 17.8. The Morgan fingerprint density at radius 3 is 1.67 bits per heavy atom. The van der Waals surface area contributed by atoms with Crippen molar-refractivity contribution in [3.8, 4) is 67.3 Å². The summed E-state index contributed by atoms with van der Waals surface area (Å²) < 4.78 is 9.80. The van der Waals surface area contributed by atoms with Crippen molar-refractivity contribution in [2.45, 2.75) is 5.41 Å². The van der Waals surface area contributed by atoms with Crippen LogP contribution in [0.2, 0.25) is 0 Å². The molecule has 2 aliphatic rings. The van der Waals surface area contributed by atoms with Crippen LogP contribution in [0.5, 0.6) is 0 Å². The Morgan fingerprint density at radius 2 is 0.968 bits per heavy atom. The summed E-state index contributed by atoms with van der Waals surface area (Å²) in [5.74, 6) is 0.690. The standard InChI is InChI=1S/C59H34N2OS/c1-3-15-36(16-4-1)48-34-49(37-17-5-2-6-18-37)61-58(60-48)38-29-27-35(28-30-38)43-33-47-56(57-53(43)41-21-9-13-25-50(41)62-57)55-46(31-32-52-54(55)42-22-10-14-26-51(42)63-52)59(47)44-23-11-7-19-39(44)40-20-8-12-24-45(40)59/h1-34H. The molecule has 0 unspecified atom stereocenters. The molecule has 1 spiro atoms. The molecule has 12 aromatic rings. The molecule has 0 amide bonds. The average Bonchev–Trinajstić information content (AvgIpc) is 4.09. The minimum Gasteiger partial charge on any atom is -0.455 e. The van der Waals surface area contributed by atoms with Gasteiger partial charge >= 0.3 is 0 Å². The minimum absolute atomic E-state index is 0.559. The van der Waals surface area contributed by atoms with E-state index in [1.807, 2.05) is 23.5 Å². The van der Waals surface area contributed by atoms with Crippen molar-refractivity contribution >= 4 is 53.4 Å². The first-order valence-electron chi connectivity index (χ1n) is 21.5. The number of aromatic nitrogens is 2. The first kappa shape index (κ1) is 34.8. The first-order valence-corrected chi connectivity index (χ1v) is 22.3. The number of nitrogens with zero attached hydrogens (tertiary/aromatic N) is 2. The summed E-state index contributed by atoms with van der Waals surface area (Å²) in [4.78, 5) is 10.3. The maximum absolute atomic E-state index is 7.22. The molecule has 9 aromatic carbocycles. The Kier molecular flexibility index (Phi) is 7.20. The molecule has 0 aliphatic heterocycles. The van der Waals surface area contributed by atoms with Gasteiger partial charge in [-0.15, -0.1) is 11.3 Å². The van der Waals surface area contributed by atoms with Gasteiger partial charge in [-0.3, -0.25) is 0 Å². The fourth-order valence-electron chi connectivity index (χ4n) is 10.9. The van der Waals surface area contributed by atoms with Crippen LogP contribution >= 0.6 is 11.3 Å². The third-order valence-electron chi connectivity index (χ3n) is 13.5. The molecular weight excluding hydrogens is 785 g/mol. The molecule has 14 rings (SSSR count). The van der Waals surface area contributed by atoms with Crippen molar-refractivity contribution in [2.75, 3.05) is 0 Å². The van der Waals surface area contributed by atoms with Crippen molar-refractivity contribution in [3.05, 3.63) is 229 Å². The lowest BCUT2D eigenvalue weighted by atomic mass is 9.70. The van der Waals surface area contributed by atoms with Crippen LogP contribution in [-0.4, -0.2) is 9.97 Å². The van der Waals surface area contributed by atoms with E-state index in [0.29, 0.717) is 5.82 Å². The van der Waals surface area contributed by atoms with Crippen molar-refractivity contribution in [3.63, 3.8) is 0 Å². The summed E-state index contributed by atoms with van der Waals surface area (Å²) in [6.07, 6.45) is 0. The predicted octanol–water partition coefficient (Wildman–Crippen LogP) is 15.8. The van der Waals surface area contributed by atoms with Crippen molar-refractivity contribution in [2.24, 2.45) is 0 Å². The highest BCUT2D eigenvalue weighted by Gasteiger charge is 2.53. The van der Waals surface area contributed by atoms with Crippen LogP contribution in [0.15, 0.2) is 211 Å². The van der Waals surface area contributed by atoms with E-state index >= 15 is 0 Å². The molecular formula is C59H34N2OS. The van der Waals surface area contributed by atoms with Crippen molar-refractivity contribution in [1.82, 2.24) is 9.97 Å². The highest BCUT2D eigenvalue weighted by atomic mass is 32.1. The average molecular weight is 819 g/mol. The van der Waals surface area contributed by atoms with Crippen LogP contribution in [0, 0.1) is 0 Å². The van der Waals surface area contributed by atoms with E-state index in [-0.39, 0.29) is 0 Å². The van der Waals surface area contributed by atoms with E-state index in [1.54, 1.807) is 0 Å². The lowest BCUT2D eigenvalue weighted by molar-refractivity contribution is 0.669. The molecule has 4 heteroatoms. The number of fused-ring (bicyclic) bond motifs is 18. The summed E-state index contributed by atoms with van der Waals surface area (Å²) in [7, 11) is 0. The van der Waals surface area contributed by atoms with Crippen LogP contribution in [0.3, 0.4) is 0 Å². The minimum atomic E-state index is -0.559. The van der Waals surface area contributed by atoms with Gasteiger partial charge in [0.2, 0.25) is 0 Å². The largest absolute Gasteiger partial charge is 0.455 e. The van der Waals surface area contributed by atoms with Gasteiger partial charge in [-0.2, -0.15) is 0 Å². The molecule has 63 heavy (non-hydrogen) atoms. The van der Waals surface area contributed by atoms with E-state index in [9.17, 15) is 0 Å². The van der Waals surface area contributed by atoms with Gasteiger partial charge < -0.3 is 4.42 Å². The molecule has 0 fully saturated rings. The quantitative estimate of drug-likeness (QED) is 0.178. The third-order valence-corrected chi connectivity index (χ3v) is 14.7. The molecule has 3 heterocycles. The molecule has 0 bridgehead atoms. The maximum Gasteiger partial charge on any atom is 0.160 e. The zero-order chi connectivity index (χ0) is 41.2. The molecule has 3 nitrogen and oxygen atoms in total. The molecule has 292 valence electrons. The van der Waals surface area contributed by atoms with Gasteiger partial charge in [0.15, 0.2) is 5.82 Å². The Labute approximate surface area is 367 Å². The molecule has 0 atom stereocenters. The zero-order valence-corrected chi connectivity index (χ0v) is 34.7. The van der Waals surface area contributed by atoms with Gasteiger partial charge in [0.05, 0.1) is 16.8 Å².